The van der Waals surface area contributed by atoms with Crippen LogP contribution >= 0.6 is 0 Å². The molecule has 1 fully saturated rings. The molecule has 1 saturated carbocycles. The Balaban J connectivity index is 1.56. The third-order valence-corrected chi connectivity index (χ3v) is 3.58. The number of hydrogen-bond acceptors (Lipinski definition) is 3. The lowest BCUT2D eigenvalue weighted by Gasteiger charge is -2.09. The second-order valence-corrected chi connectivity index (χ2v) is 5.24. The molecule has 2 aromatic rings. The van der Waals surface area contributed by atoms with Gasteiger partial charge in [0.05, 0.1) is 18.2 Å². The van der Waals surface area contributed by atoms with Crippen molar-refractivity contribution < 1.29 is 4.74 Å². The molecule has 20 heavy (non-hydrogen) atoms. The zero-order valence-corrected chi connectivity index (χ0v) is 11.9. The van der Waals surface area contributed by atoms with E-state index in [2.05, 4.69) is 33.9 Å². The van der Waals surface area contributed by atoms with Crippen LogP contribution in [0.25, 0.3) is 0 Å². The summed E-state index contributed by atoms with van der Waals surface area (Å²) in [7, 11) is 0. The monoisotopic (exact) mass is 271 g/mol. The summed E-state index contributed by atoms with van der Waals surface area (Å²) in [6, 6.07) is 8.93. The van der Waals surface area contributed by atoms with Crippen molar-refractivity contribution in [1.29, 1.82) is 0 Å². The second-order valence-electron chi connectivity index (χ2n) is 5.24. The van der Waals surface area contributed by atoms with E-state index in [9.17, 15) is 0 Å². The molecule has 106 valence electrons. The van der Waals surface area contributed by atoms with Crippen LogP contribution in [0.5, 0.6) is 5.75 Å². The van der Waals surface area contributed by atoms with Crippen molar-refractivity contribution in [2.45, 2.75) is 39.0 Å². The van der Waals surface area contributed by atoms with Crippen LogP contribution in [-0.2, 0) is 13.2 Å². The molecule has 0 saturated heterocycles. The summed E-state index contributed by atoms with van der Waals surface area (Å²) in [6.07, 6.45) is 6.35. The van der Waals surface area contributed by atoms with E-state index in [1.807, 2.05) is 24.7 Å². The van der Waals surface area contributed by atoms with Crippen LogP contribution in [0.15, 0.2) is 36.8 Å². The van der Waals surface area contributed by atoms with E-state index in [0.717, 1.165) is 24.5 Å². The number of imidazole rings is 1. The third-order valence-electron chi connectivity index (χ3n) is 3.58. The van der Waals surface area contributed by atoms with Gasteiger partial charge in [0, 0.05) is 12.6 Å². The fourth-order valence-electron chi connectivity index (χ4n) is 2.26. The van der Waals surface area contributed by atoms with Crippen molar-refractivity contribution in [3.8, 4) is 5.75 Å². The van der Waals surface area contributed by atoms with E-state index in [1.54, 1.807) is 0 Å². The van der Waals surface area contributed by atoms with Crippen LogP contribution in [0, 0.1) is 0 Å². The lowest BCUT2D eigenvalue weighted by Crippen LogP contribution is -2.11. The molecule has 1 aliphatic rings. The van der Waals surface area contributed by atoms with Gasteiger partial charge in [-0.15, -0.1) is 0 Å². The maximum absolute atomic E-state index is 5.85. The molecule has 1 aromatic carbocycles. The van der Waals surface area contributed by atoms with Crippen molar-refractivity contribution in [2.75, 3.05) is 6.54 Å². The Morgan fingerprint density at radius 3 is 2.80 bits per heavy atom. The molecule has 3 rings (SSSR count). The highest BCUT2D eigenvalue weighted by molar-refractivity contribution is 5.27. The van der Waals surface area contributed by atoms with Crippen molar-refractivity contribution in [3.05, 3.63) is 48.0 Å². The number of nitrogens with one attached hydrogen (secondary N) is 1. The molecular formula is C16H21N3O. The van der Waals surface area contributed by atoms with E-state index >= 15 is 0 Å². The molecule has 0 aliphatic heterocycles. The molecule has 4 nitrogen and oxygen atoms in total. The molecule has 0 amide bonds. The Bertz CT molecular complexity index is 543. The van der Waals surface area contributed by atoms with Crippen LogP contribution in [0.2, 0.25) is 0 Å². The fourth-order valence-corrected chi connectivity index (χ4v) is 2.26. The van der Waals surface area contributed by atoms with E-state index in [4.69, 9.17) is 4.74 Å². The van der Waals surface area contributed by atoms with Gasteiger partial charge >= 0.3 is 0 Å². The molecule has 4 heteroatoms. The van der Waals surface area contributed by atoms with Crippen molar-refractivity contribution in [3.63, 3.8) is 0 Å². The number of benzene rings is 1. The molecule has 0 atom stereocenters. The maximum Gasteiger partial charge on any atom is 0.130 e. The van der Waals surface area contributed by atoms with Gasteiger partial charge in [0.25, 0.3) is 0 Å². The van der Waals surface area contributed by atoms with Crippen molar-refractivity contribution >= 4 is 0 Å². The molecule has 1 N–H and O–H groups in total. The number of aromatic nitrogens is 2. The zero-order chi connectivity index (χ0) is 13.8. The smallest absolute Gasteiger partial charge is 0.130 e. The van der Waals surface area contributed by atoms with E-state index < -0.39 is 0 Å². The molecule has 1 aromatic heterocycles. The summed E-state index contributed by atoms with van der Waals surface area (Å²) in [5.74, 6) is 0.911. The van der Waals surface area contributed by atoms with Gasteiger partial charge in [-0.1, -0.05) is 19.1 Å². The van der Waals surface area contributed by atoms with Gasteiger partial charge in [-0.2, -0.15) is 0 Å². The van der Waals surface area contributed by atoms with Crippen LogP contribution in [0.1, 0.15) is 37.1 Å². The number of hydrogen-bond donors (Lipinski definition) is 1. The molecule has 0 unspecified atom stereocenters. The molecule has 1 heterocycles. The first-order valence-corrected chi connectivity index (χ1v) is 7.30. The minimum absolute atomic E-state index is 0.586. The summed E-state index contributed by atoms with van der Waals surface area (Å²) in [5.41, 5.74) is 2.44. The Morgan fingerprint density at radius 2 is 2.10 bits per heavy atom. The van der Waals surface area contributed by atoms with Gasteiger partial charge in [0.1, 0.15) is 12.4 Å². The topological polar surface area (TPSA) is 39.1 Å². The Kier molecular flexibility index (Phi) is 4.02. The van der Waals surface area contributed by atoms with Gasteiger partial charge in [0.15, 0.2) is 0 Å². The molecule has 1 aliphatic carbocycles. The molecule has 0 spiro atoms. The average Bonchev–Trinajstić information content (AvgIpc) is 3.23. The first-order valence-electron chi connectivity index (χ1n) is 7.30. The summed E-state index contributed by atoms with van der Waals surface area (Å²) in [4.78, 5) is 4.22. The van der Waals surface area contributed by atoms with E-state index in [0.29, 0.717) is 12.6 Å². The van der Waals surface area contributed by atoms with Crippen LogP contribution in [0.3, 0.4) is 0 Å². The van der Waals surface area contributed by atoms with E-state index in [1.165, 1.54) is 18.4 Å². The highest BCUT2D eigenvalue weighted by Crippen LogP contribution is 2.35. The highest BCUT2D eigenvalue weighted by atomic mass is 16.5. The molecule has 0 radical (unpaired) electrons. The number of nitrogens with zero attached hydrogens (tertiary/aromatic N) is 2. The number of rotatable bonds is 7. The standard InChI is InChI=1S/C16H21N3O/c1-2-17-9-13-3-7-16(8-4-13)20-11-15-10-18-12-19(15)14-5-6-14/h3-4,7-8,10,12,14,17H,2,5-6,9,11H2,1H3. The molecular weight excluding hydrogens is 250 g/mol. The Morgan fingerprint density at radius 1 is 1.30 bits per heavy atom. The van der Waals surface area contributed by atoms with Gasteiger partial charge in [-0.05, 0) is 37.1 Å². The quantitative estimate of drug-likeness (QED) is 0.841. The van der Waals surface area contributed by atoms with Crippen LogP contribution in [0.4, 0.5) is 0 Å². The van der Waals surface area contributed by atoms with Gasteiger partial charge in [0.2, 0.25) is 0 Å². The molecule has 0 bridgehead atoms. The first kappa shape index (κ1) is 13.2. The van der Waals surface area contributed by atoms with Gasteiger partial charge in [-0.25, -0.2) is 4.98 Å². The highest BCUT2D eigenvalue weighted by Gasteiger charge is 2.25. The summed E-state index contributed by atoms with van der Waals surface area (Å²) < 4.78 is 8.08. The average molecular weight is 271 g/mol. The first-order chi connectivity index (χ1) is 9.86. The normalized spacial score (nSPS) is 14.4. The largest absolute Gasteiger partial charge is 0.487 e. The maximum atomic E-state index is 5.85. The van der Waals surface area contributed by atoms with Crippen LogP contribution < -0.4 is 10.1 Å². The minimum Gasteiger partial charge on any atom is -0.487 e. The Labute approximate surface area is 119 Å². The van der Waals surface area contributed by atoms with Crippen LogP contribution in [-0.4, -0.2) is 16.1 Å². The van der Waals surface area contributed by atoms with Crippen molar-refractivity contribution in [2.24, 2.45) is 0 Å². The summed E-state index contributed by atoms with van der Waals surface area (Å²) in [5, 5.41) is 3.31. The Hall–Kier alpha value is -1.81. The SMILES string of the molecule is CCNCc1ccc(OCc2cncn2C2CC2)cc1. The van der Waals surface area contributed by atoms with Gasteiger partial charge in [-0.3, -0.25) is 0 Å². The summed E-state index contributed by atoms with van der Waals surface area (Å²) in [6.45, 7) is 4.60. The lowest BCUT2D eigenvalue weighted by atomic mass is 10.2. The minimum atomic E-state index is 0.586. The third kappa shape index (κ3) is 3.20. The summed E-state index contributed by atoms with van der Waals surface area (Å²) >= 11 is 0. The van der Waals surface area contributed by atoms with Crippen molar-refractivity contribution in [1.82, 2.24) is 14.9 Å². The van der Waals surface area contributed by atoms with Gasteiger partial charge < -0.3 is 14.6 Å². The fraction of sp³-hybridized carbons (Fsp3) is 0.438. The lowest BCUT2D eigenvalue weighted by molar-refractivity contribution is 0.295. The second kappa shape index (κ2) is 6.09. The number of ether oxygens (including phenoxy) is 1. The predicted molar refractivity (Wildman–Crippen MR) is 78.7 cm³/mol. The zero-order valence-electron chi connectivity index (χ0n) is 11.9. The van der Waals surface area contributed by atoms with E-state index in [-0.39, 0.29) is 0 Å². The predicted octanol–water partition coefficient (Wildman–Crippen LogP) is 2.91.